The maximum Gasteiger partial charge on any atom is 0.363 e. The van der Waals surface area contributed by atoms with Gasteiger partial charge in [-0.3, -0.25) is 0 Å². The second kappa shape index (κ2) is 6.58. The maximum atomic E-state index is 13.1. The molecule has 0 spiro atoms. The van der Waals surface area contributed by atoms with Crippen LogP contribution in [0.15, 0.2) is 65.3 Å². The van der Waals surface area contributed by atoms with Crippen LogP contribution in [-0.2, 0) is 9.53 Å². The van der Waals surface area contributed by atoms with E-state index < -0.39 is 5.97 Å². The Labute approximate surface area is 137 Å². The Bertz CT molecular complexity index is 838. The zero-order valence-corrected chi connectivity index (χ0v) is 12.6. The van der Waals surface area contributed by atoms with Gasteiger partial charge in [-0.05, 0) is 47.5 Å². The summed E-state index contributed by atoms with van der Waals surface area (Å²) in [4.78, 5) is 15.9. The summed E-state index contributed by atoms with van der Waals surface area (Å²) in [6.45, 7) is 0. The molecule has 2 aromatic rings. The van der Waals surface area contributed by atoms with E-state index in [1.54, 1.807) is 36.4 Å². The molecule has 0 saturated carbocycles. The van der Waals surface area contributed by atoms with Gasteiger partial charge in [0.25, 0.3) is 0 Å². The fourth-order valence-corrected chi connectivity index (χ4v) is 2.12. The normalized spacial score (nSPS) is 16.0. The van der Waals surface area contributed by atoms with Crippen molar-refractivity contribution >= 4 is 35.6 Å². The second-order valence-corrected chi connectivity index (χ2v) is 5.25. The van der Waals surface area contributed by atoms with Crippen LogP contribution in [0.5, 0.6) is 0 Å². The van der Waals surface area contributed by atoms with E-state index in [1.807, 2.05) is 12.1 Å². The van der Waals surface area contributed by atoms with Crippen LogP contribution in [0.1, 0.15) is 11.1 Å². The molecule has 1 heterocycles. The smallest absolute Gasteiger partial charge is 0.363 e. The van der Waals surface area contributed by atoms with Crippen LogP contribution in [0.4, 0.5) is 4.39 Å². The zero-order valence-electron chi connectivity index (χ0n) is 11.9. The van der Waals surface area contributed by atoms with Crippen molar-refractivity contribution in [3.05, 3.63) is 82.3 Å². The number of cyclic esters (lactones) is 1. The standard InChI is InChI=1S/C18H11ClFNO2/c19-14-7-4-12(5-8-14)6-9-17-21-16(18(22)23-17)11-13-2-1-3-15(20)10-13/h1-11H/b9-6+,16-11+. The Morgan fingerprint density at radius 3 is 2.57 bits per heavy atom. The summed E-state index contributed by atoms with van der Waals surface area (Å²) >= 11 is 5.81. The molecule has 1 aliphatic heterocycles. The highest BCUT2D eigenvalue weighted by Gasteiger charge is 2.21. The van der Waals surface area contributed by atoms with Crippen LogP contribution in [0.2, 0.25) is 5.02 Å². The number of esters is 1. The van der Waals surface area contributed by atoms with Gasteiger partial charge < -0.3 is 4.74 Å². The number of aliphatic imine (C=N–C) groups is 1. The van der Waals surface area contributed by atoms with Crippen molar-refractivity contribution in [3.8, 4) is 0 Å². The first-order valence-electron chi connectivity index (χ1n) is 6.82. The molecule has 3 rings (SSSR count). The van der Waals surface area contributed by atoms with Crippen molar-refractivity contribution in [2.75, 3.05) is 0 Å². The zero-order chi connectivity index (χ0) is 16.2. The van der Waals surface area contributed by atoms with Gasteiger partial charge in [-0.15, -0.1) is 0 Å². The fourth-order valence-electron chi connectivity index (χ4n) is 1.99. The van der Waals surface area contributed by atoms with Crippen LogP contribution in [-0.4, -0.2) is 11.9 Å². The molecular weight excluding hydrogens is 317 g/mol. The van der Waals surface area contributed by atoms with Crippen molar-refractivity contribution in [3.63, 3.8) is 0 Å². The number of nitrogens with zero attached hydrogens (tertiary/aromatic N) is 1. The molecule has 0 atom stereocenters. The number of rotatable bonds is 3. The van der Waals surface area contributed by atoms with E-state index in [-0.39, 0.29) is 17.4 Å². The summed E-state index contributed by atoms with van der Waals surface area (Å²) in [7, 11) is 0. The minimum Gasteiger partial charge on any atom is -0.403 e. The summed E-state index contributed by atoms with van der Waals surface area (Å²) in [5.74, 6) is -0.754. The lowest BCUT2D eigenvalue weighted by molar-refractivity contribution is -0.129. The third-order valence-corrected chi connectivity index (χ3v) is 3.33. The van der Waals surface area contributed by atoms with Crippen molar-refractivity contribution in [2.45, 2.75) is 0 Å². The topological polar surface area (TPSA) is 38.7 Å². The predicted molar refractivity (Wildman–Crippen MR) is 88.4 cm³/mol. The van der Waals surface area contributed by atoms with Gasteiger partial charge in [-0.25, -0.2) is 14.2 Å². The van der Waals surface area contributed by atoms with Crippen LogP contribution in [0, 0.1) is 5.82 Å². The van der Waals surface area contributed by atoms with Gasteiger partial charge in [0.2, 0.25) is 5.90 Å². The summed E-state index contributed by atoms with van der Waals surface area (Å²) in [6, 6.07) is 13.1. The van der Waals surface area contributed by atoms with E-state index in [9.17, 15) is 9.18 Å². The fraction of sp³-hybridized carbons (Fsp3) is 0. The molecule has 0 aliphatic carbocycles. The minimum absolute atomic E-state index is 0.131. The van der Waals surface area contributed by atoms with Gasteiger partial charge in [0.1, 0.15) is 5.82 Å². The maximum absolute atomic E-state index is 13.1. The third kappa shape index (κ3) is 3.93. The molecule has 0 fully saturated rings. The highest BCUT2D eigenvalue weighted by molar-refractivity contribution is 6.30. The lowest BCUT2D eigenvalue weighted by atomic mass is 10.2. The molecule has 0 N–H and O–H groups in total. The molecule has 0 amide bonds. The average Bonchev–Trinajstić information content (AvgIpc) is 2.87. The van der Waals surface area contributed by atoms with Gasteiger partial charge in [0, 0.05) is 11.1 Å². The Kier molecular flexibility index (Phi) is 4.35. The van der Waals surface area contributed by atoms with E-state index in [0.29, 0.717) is 10.6 Å². The summed E-state index contributed by atoms with van der Waals surface area (Å²) in [6.07, 6.45) is 4.83. The second-order valence-electron chi connectivity index (χ2n) is 4.81. The van der Waals surface area contributed by atoms with Crippen molar-refractivity contribution in [2.24, 2.45) is 4.99 Å². The molecule has 0 bridgehead atoms. The molecule has 0 saturated heterocycles. The molecule has 3 nitrogen and oxygen atoms in total. The summed E-state index contributed by atoms with van der Waals surface area (Å²) < 4.78 is 18.2. The van der Waals surface area contributed by atoms with Crippen LogP contribution in [0.3, 0.4) is 0 Å². The average molecular weight is 328 g/mol. The first-order valence-corrected chi connectivity index (χ1v) is 7.20. The van der Waals surface area contributed by atoms with E-state index >= 15 is 0 Å². The molecule has 23 heavy (non-hydrogen) atoms. The van der Waals surface area contributed by atoms with Gasteiger partial charge >= 0.3 is 5.97 Å². The van der Waals surface area contributed by atoms with Gasteiger partial charge in [-0.2, -0.15) is 0 Å². The van der Waals surface area contributed by atoms with Crippen molar-refractivity contribution in [1.29, 1.82) is 0 Å². The molecular formula is C18H11ClFNO2. The van der Waals surface area contributed by atoms with E-state index in [1.165, 1.54) is 18.2 Å². The minimum atomic E-state index is -0.565. The number of hydrogen-bond donors (Lipinski definition) is 0. The molecule has 0 aromatic heterocycles. The van der Waals surface area contributed by atoms with Crippen LogP contribution >= 0.6 is 11.6 Å². The van der Waals surface area contributed by atoms with Crippen molar-refractivity contribution < 1.29 is 13.9 Å². The molecule has 5 heteroatoms. The predicted octanol–water partition coefficient (Wildman–Crippen LogP) is 4.49. The molecule has 1 aliphatic rings. The summed E-state index contributed by atoms with van der Waals surface area (Å²) in [5, 5.41) is 0.645. The Hall–Kier alpha value is -2.72. The summed E-state index contributed by atoms with van der Waals surface area (Å²) in [5.41, 5.74) is 1.57. The lowest BCUT2D eigenvalue weighted by Crippen LogP contribution is -2.01. The quantitative estimate of drug-likeness (QED) is 0.615. The Morgan fingerprint density at radius 2 is 1.83 bits per heavy atom. The van der Waals surface area contributed by atoms with E-state index in [4.69, 9.17) is 16.3 Å². The number of halogens is 2. The third-order valence-electron chi connectivity index (χ3n) is 3.08. The SMILES string of the molecule is O=C1OC(/C=C/c2ccc(Cl)cc2)=NC/1=C/c1cccc(F)c1. The molecule has 0 unspecified atom stereocenters. The van der Waals surface area contributed by atoms with Gasteiger partial charge in [-0.1, -0.05) is 35.9 Å². The monoisotopic (exact) mass is 327 g/mol. The van der Waals surface area contributed by atoms with Crippen LogP contribution in [0.25, 0.3) is 12.2 Å². The Balaban J connectivity index is 1.79. The Morgan fingerprint density at radius 1 is 1.04 bits per heavy atom. The largest absolute Gasteiger partial charge is 0.403 e. The number of carbonyl (C=O) groups is 1. The lowest BCUT2D eigenvalue weighted by Gasteiger charge is -1.94. The first-order chi connectivity index (χ1) is 11.1. The van der Waals surface area contributed by atoms with Crippen molar-refractivity contribution in [1.82, 2.24) is 0 Å². The van der Waals surface area contributed by atoms with Gasteiger partial charge in [0.05, 0.1) is 0 Å². The highest BCUT2D eigenvalue weighted by atomic mass is 35.5. The van der Waals surface area contributed by atoms with E-state index in [2.05, 4.69) is 4.99 Å². The molecule has 114 valence electrons. The van der Waals surface area contributed by atoms with Gasteiger partial charge in [0.15, 0.2) is 5.70 Å². The number of benzene rings is 2. The first kappa shape index (κ1) is 15.2. The molecule has 0 radical (unpaired) electrons. The van der Waals surface area contributed by atoms with Crippen LogP contribution < -0.4 is 0 Å². The highest BCUT2D eigenvalue weighted by Crippen LogP contribution is 2.17. The number of ether oxygens (including phenoxy) is 1. The number of carbonyl (C=O) groups excluding carboxylic acids is 1. The number of hydrogen-bond acceptors (Lipinski definition) is 3. The van der Waals surface area contributed by atoms with E-state index in [0.717, 1.165) is 5.56 Å². The molecule has 2 aromatic carbocycles.